The van der Waals surface area contributed by atoms with Crippen molar-refractivity contribution >= 4 is 5.97 Å². The molecule has 0 saturated heterocycles. The van der Waals surface area contributed by atoms with Crippen molar-refractivity contribution in [2.75, 3.05) is 13.2 Å². The van der Waals surface area contributed by atoms with E-state index in [4.69, 9.17) is 14.5 Å². The summed E-state index contributed by atoms with van der Waals surface area (Å²) in [6, 6.07) is 0. The van der Waals surface area contributed by atoms with Crippen LogP contribution in [0.4, 0.5) is 0 Å². The second-order valence-corrected chi connectivity index (χ2v) is 4.28. The Kier molecular flexibility index (Phi) is 7.34. The van der Waals surface area contributed by atoms with E-state index in [0.29, 0.717) is 19.6 Å². The summed E-state index contributed by atoms with van der Waals surface area (Å²) in [6.07, 6.45) is 2.02. The minimum absolute atomic E-state index is 0.144. The van der Waals surface area contributed by atoms with Gasteiger partial charge in [-0.2, -0.15) is 0 Å². The molecule has 0 aliphatic rings. The van der Waals surface area contributed by atoms with Crippen molar-refractivity contribution < 1.29 is 19.3 Å². The van der Waals surface area contributed by atoms with Crippen molar-refractivity contribution in [3.8, 4) is 0 Å². The lowest BCUT2D eigenvalue weighted by Gasteiger charge is -2.17. The Bertz CT molecular complexity index is 172. The van der Waals surface area contributed by atoms with E-state index in [0.717, 1.165) is 12.8 Å². The van der Waals surface area contributed by atoms with E-state index >= 15 is 0 Å². The fourth-order valence-corrected chi connectivity index (χ4v) is 0.882. The lowest BCUT2D eigenvalue weighted by Crippen LogP contribution is -2.19. The van der Waals surface area contributed by atoms with Gasteiger partial charge in [-0.1, -0.05) is 0 Å². The lowest BCUT2D eigenvalue weighted by molar-refractivity contribution is -0.348. The number of esters is 1. The van der Waals surface area contributed by atoms with E-state index in [1.807, 2.05) is 20.8 Å². The summed E-state index contributed by atoms with van der Waals surface area (Å²) in [5.41, 5.74) is -0.277. The molecular formula is C11H22O4. The van der Waals surface area contributed by atoms with Crippen LogP contribution in [-0.2, 0) is 19.3 Å². The minimum atomic E-state index is -0.277. The van der Waals surface area contributed by atoms with E-state index in [1.165, 1.54) is 0 Å². The Morgan fingerprint density at radius 2 is 1.87 bits per heavy atom. The zero-order valence-corrected chi connectivity index (χ0v) is 10.2. The van der Waals surface area contributed by atoms with Gasteiger partial charge in [0, 0.05) is 6.42 Å². The van der Waals surface area contributed by atoms with Gasteiger partial charge in [0.25, 0.3) is 0 Å². The van der Waals surface area contributed by atoms with Gasteiger partial charge in [0.15, 0.2) is 0 Å². The summed E-state index contributed by atoms with van der Waals surface area (Å²) >= 11 is 0. The van der Waals surface area contributed by atoms with Gasteiger partial charge < -0.3 is 4.74 Å². The van der Waals surface area contributed by atoms with Gasteiger partial charge in [-0.05, 0) is 40.5 Å². The molecule has 0 aliphatic heterocycles. The SMILES string of the molecule is CCOC(=O)CCCCOOC(C)(C)C. The summed E-state index contributed by atoms with van der Waals surface area (Å²) in [5, 5.41) is 0. The smallest absolute Gasteiger partial charge is 0.305 e. The molecule has 4 heteroatoms. The van der Waals surface area contributed by atoms with Gasteiger partial charge in [-0.25, -0.2) is 9.78 Å². The van der Waals surface area contributed by atoms with Gasteiger partial charge in [0.05, 0.1) is 18.8 Å². The summed E-state index contributed by atoms with van der Waals surface area (Å²) in [5.74, 6) is -0.144. The van der Waals surface area contributed by atoms with E-state index in [9.17, 15) is 4.79 Å². The number of hydrogen-bond donors (Lipinski definition) is 0. The Hall–Kier alpha value is -0.610. The molecule has 0 heterocycles. The standard InChI is InChI=1S/C11H22O4/c1-5-13-10(12)8-6-7-9-14-15-11(2,3)4/h5-9H2,1-4H3. The van der Waals surface area contributed by atoms with E-state index in [1.54, 1.807) is 6.92 Å². The molecule has 0 atom stereocenters. The number of rotatable bonds is 7. The Morgan fingerprint density at radius 1 is 1.20 bits per heavy atom. The van der Waals surface area contributed by atoms with Crippen LogP contribution in [0.2, 0.25) is 0 Å². The van der Waals surface area contributed by atoms with Crippen molar-refractivity contribution in [2.24, 2.45) is 0 Å². The van der Waals surface area contributed by atoms with Crippen LogP contribution in [-0.4, -0.2) is 24.8 Å². The van der Waals surface area contributed by atoms with Crippen molar-refractivity contribution in [3.63, 3.8) is 0 Å². The van der Waals surface area contributed by atoms with Gasteiger partial charge >= 0.3 is 5.97 Å². The highest BCUT2D eigenvalue weighted by Gasteiger charge is 2.10. The summed E-state index contributed by atoms with van der Waals surface area (Å²) in [4.78, 5) is 21.0. The molecule has 0 aromatic rings. The van der Waals surface area contributed by atoms with Crippen LogP contribution in [0.1, 0.15) is 47.0 Å². The average Bonchev–Trinajstić information content (AvgIpc) is 2.09. The van der Waals surface area contributed by atoms with Gasteiger partial charge in [-0.3, -0.25) is 4.79 Å². The fourth-order valence-electron chi connectivity index (χ4n) is 0.882. The highest BCUT2D eigenvalue weighted by Crippen LogP contribution is 2.07. The minimum Gasteiger partial charge on any atom is -0.466 e. The molecule has 0 aromatic heterocycles. The van der Waals surface area contributed by atoms with Crippen LogP contribution in [0.5, 0.6) is 0 Å². The second kappa shape index (κ2) is 7.65. The molecule has 0 rings (SSSR count). The number of unbranched alkanes of at least 4 members (excludes halogenated alkanes) is 1. The maximum Gasteiger partial charge on any atom is 0.305 e. The van der Waals surface area contributed by atoms with Gasteiger partial charge in [0.2, 0.25) is 0 Å². The number of hydrogen-bond acceptors (Lipinski definition) is 4. The molecule has 0 fully saturated rings. The van der Waals surface area contributed by atoms with Crippen LogP contribution in [0.3, 0.4) is 0 Å². The van der Waals surface area contributed by atoms with E-state index < -0.39 is 0 Å². The molecule has 0 saturated carbocycles. The van der Waals surface area contributed by atoms with Crippen molar-refractivity contribution in [3.05, 3.63) is 0 Å². The molecule has 4 nitrogen and oxygen atoms in total. The van der Waals surface area contributed by atoms with Crippen LogP contribution in [0, 0.1) is 0 Å². The predicted molar refractivity (Wildman–Crippen MR) is 57.3 cm³/mol. The Morgan fingerprint density at radius 3 is 2.40 bits per heavy atom. The summed E-state index contributed by atoms with van der Waals surface area (Å²) < 4.78 is 4.79. The molecule has 0 radical (unpaired) electrons. The first-order valence-electron chi connectivity index (χ1n) is 5.42. The monoisotopic (exact) mass is 218 g/mol. The van der Waals surface area contributed by atoms with Gasteiger partial charge in [-0.15, -0.1) is 0 Å². The molecular weight excluding hydrogens is 196 g/mol. The third-order valence-corrected chi connectivity index (χ3v) is 1.47. The molecule has 0 unspecified atom stereocenters. The van der Waals surface area contributed by atoms with Crippen molar-refractivity contribution in [1.29, 1.82) is 0 Å². The number of ether oxygens (including phenoxy) is 1. The molecule has 0 aliphatic carbocycles. The normalized spacial score (nSPS) is 11.5. The highest BCUT2D eigenvalue weighted by molar-refractivity contribution is 5.69. The van der Waals surface area contributed by atoms with Crippen LogP contribution >= 0.6 is 0 Å². The van der Waals surface area contributed by atoms with E-state index in [-0.39, 0.29) is 11.6 Å². The first kappa shape index (κ1) is 14.4. The third kappa shape index (κ3) is 11.3. The lowest BCUT2D eigenvalue weighted by atomic mass is 10.2. The van der Waals surface area contributed by atoms with Gasteiger partial charge in [0.1, 0.15) is 0 Å². The molecule has 15 heavy (non-hydrogen) atoms. The van der Waals surface area contributed by atoms with Crippen molar-refractivity contribution in [2.45, 2.75) is 52.6 Å². The largest absolute Gasteiger partial charge is 0.466 e. The quantitative estimate of drug-likeness (QED) is 0.285. The predicted octanol–water partition coefficient (Wildman–Crippen LogP) is 2.47. The molecule has 0 aromatic carbocycles. The molecule has 0 N–H and O–H groups in total. The maximum atomic E-state index is 10.9. The number of carbonyl (C=O) groups excluding carboxylic acids is 1. The Balaban J connectivity index is 3.22. The first-order chi connectivity index (χ1) is 6.95. The third-order valence-electron chi connectivity index (χ3n) is 1.47. The molecule has 0 spiro atoms. The summed E-state index contributed by atoms with van der Waals surface area (Å²) in [7, 11) is 0. The fraction of sp³-hybridized carbons (Fsp3) is 0.909. The summed E-state index contributed by atoms with van der Waals surface area (Å²) in [6.45, 7) is 8.53. The van der Waals surface area contributed by atoms with Crippen LogP contribution in [0.25, 0.3) is 0 Å². The first-order valence-corrected chi connectivity index (χ1v) is 5.42. The Labute approximate surface area is 91.8 Å². The topological polar surface area (TPSA) is 44.8 Å². The van der Waals surface area contributed by atoms with E-state index in [2.05, 4.69) is 0 Å². The average molecular weight is 218 g/mol. The van der Waals surface area contributed by atoms with Crippen LogP contribution in [0.15, 0.2) is 0 Å². The zero-order valence-electron chi connectivity index (χ0n) is 10.2. The molecule has 0 bridgehead atoms. The molecule has 0 amide bonds. The van der Waals surface area contributed by atoms with Crippen LogP contribution < -0.4 is 0 Å². The highest BCUT2D eigenvalue weighted by atomic mass is 17.2. The number of carbonyl (C=O) groups is 1. The zero-order chi connectivity index (χ0) is 11.7. The maximum absolute atomic E-state index is 10.9. The molecule has 90 valence electrons. The second-order valence-electron chi connectivity index (χ2n) is 4.28. The van der Waals surface area contributed by atoms with Crippen molar-refractivity contribution in [1.82, 2.24) is 0 Å².